The van der Waals surface area contributed by atoms with Gasteiger partial charge in [0.15, 0.2) is 11.4 Å². The van der Waals surface area contributed by atoms with Gasteiger partial charge in [0.05, 0.1) is 21.9 Å². The molecule has 7 nitrogen and oxygen atoms in total. The fraction of sp³-hybridized carbons (Fsp3) is 0.143. The average Bonchev–Trinajstić information content (AvgIpc) is 3.46. The molecule has 4 heterocycles. The van der Waals surface area contributed by atoms with Crippen LogP contribution in [0.2, 0.25) is 0 Å². The van der Waals surface area contributed by atoms with Crippen molar-refractivity contribution in [3.63, 3.8) is 0 Å². The Bertz CT molecular complexity index is 1430. The molecule has 0 aliphatic heterocycles. The number of Topliss-reactive ketones (excluding diaryl/α,β-unsaturated/α-hetero) is 1. The number of benzene rings is 1. The van der Waals surface area contributed by atoms with Gasteiger partial charge in [0.1, 0.15) is 5.76 Å². The smallest absolute Gasteiger partial charge is 0.283 e. The Morgan fingerprint density at radius 2 is 2.03 bits per heavy atom. The molecular formula is C21H14N4O3S. The molecule has 1 aromatic carbocycles. The molecule has 0 bridgehead atoms. The number of carbonyl (C=O) groups is 1. The zero-order valence-electron chi connectivity index (χ0n) is 15.1. The van der Waals surface area contributed by atoms with Crippen LogP contribution in [0.25, 0.3) is 26.4 Å². The molecule has 142 valence electrons. The van der Waals surface area contributed by atoms with Gasteiger partial charge in [-0.05, 0) is 36.2 Å². The van der Waals surface area contributed by atoms with E-state index in [4.69, 9.17) is 4.42 Å². The lowest BCUT2D eigenvalue weighted by atomic mass is 9.81. The number of aromatic nitrogens is 4. The van der Waals surface area contributed by atoms with Crippen LogP contribution in [0.3, 0.4) is 0 Å². The Labute approximate surface area is 167 Å². The number of pyridine rings is 1. The van der Waals surface area contributed by atoms with Crippen LogP contribution < -0.4 is 5.56 Å². The summed E-state index contributed by atoms with van der Waals surface area (Å²) in [4.78, 5) is 34.9. The molecule has 1 unspecified atom stereocenters. The van der Waals surface area contributed by atoms with Crippen molar-refractivity contribution in [3.8, 4) is 5.13 Å². The number of para-hydroxylation sites is 1. The van der Waals surface area contributed by atoms with E-state index in [9.17, 15) is 9.59 Å². The fourth-order valence-electron chi connectivity index (χ4n) is 4.05. The Morgan fingerprint density at radius 3 is 2.86 bits per heavy atom. The van der Waals surface area contributed by atoms with Crippen LogP contribution in [0.1, 0.15) is 34.0 Å². The molecule has 1 aliphatic carbocycles. The van der Waals surface area contributed by atoms with E-state index in [1.807, 2.05) is 36.4 Å². The molecule has 0 fully saturated rings. The molecule has 5 aromatic rings. The third-order valence-electron chi connectivity index (χ3n) is 5.42. The lowest BCUT2D eigenvalue weighted by molar-refractivity contribution is 0.0960. The maximum Gasteiger partial charge on any atom is 0.283 e. The summed E-state index contributed by atoms with van der Waals surface area (Å²) in [5.41, 5.74) is 2.31. The first-order valence-corrected chi connectivity index (χ1v) is 10.1. The number of aromatic amines is 1. The number of hydrogen-bond acceptors (Lipinski definition) is 6. The highest BCUT2D eigenvalue weighted by atomic mass is 32.1. The van der Waals surface area contributed by atoms with Gasteiger partial charge in [-0.15, -0.1) is 0 Å². The van der Waals surface area contributed by atoms with Crippen molar-refractivity contribution >= 4 is 38.4 Å². The molecule has 0 saturated carbocycles. The van der Waals surface area contributed by atoms with Gasteiger partial charge in [-0.1, -0.05) is 23.5 Å². The van der Waals surface area contributed by atoms with Gasteiger partial charge >= 0.3 is 0 Å². The molecule has 1 N–H and O–H groups in total. The predicted molar refractivity (Wildman–Crippen MR) is 109 cm³/mol. The number of H-pyrrole nitrogens is 1. The van der Waals surface area contributed by atoms with Gasteiger partial charge in [0, 0.05) is 24.1 Å². The van der Waals surface area contributed by atoms with Crippen molar-refractivity contribution in [1.82, 2.24) is 19.7 Å². The standard InChI is InChI=1S/C21H14N4O3S/c26-15-9-11(16-5-3-7-28-16)8-12-13(15)10-22-19-18(12)20(27)25(24-19)21-23-14-4-1-2-6-17(14)29-21/h1-7,10-11H,8-9H2,(H,22,24). The second-order valence-electron chi connectivity index (χ2n) is 7.13. The van der Waals surface area contributed by atoms with E-state index in [0.717, 1.165) is 21.5 Å². The van der Waals surface area contributed by atoms with E-state index in [0.29, 0.717) is 34.6 Å². The van der Waals surface area contributed by atoms with E-state index in [1.165, 1.54) is 16.0 Å². The van der Waals surface area contributed by atoms with Crippen molar-refractivity contribution in [2.24, 2.45) is 0 Å². The molecule has 6 rings (SSSR count). The number of hydrogen-bond donors (Lipinski definition) is 1. The molecule has 8 heteroatoms. The van der Waals surface area contributed by atoms with Crippen LogP contribution in [0.15, 0.2) is 58.1 Å². The van der Waals surface area contributed by atoms with Crippen LogP contribution in [0, 0.1) is 0 Å². The first kappa shape index (κ1) is 16.4. The van der Waals surface area contributed by atoms with E-state index in [1.54, 1.807) is 12.5 Å². The highest BCUT2D eigenvalue weighted by Gasteiger charge is 2.31. The van der Waals surface area contributed by atoms with Crippen LogP contribution in [0.5, 0.6) is 0 Å². The number of carbonyl (C=O) groups excluding carboxylic acids is 1. The summed E-state index contributed by atoms with van der Waals surface area (Å²) in [5, 5.41) is 4.06. The third-order valence-corrected chi connectivity index (χ3v) is 6.44. The summed E-state index contributed by atoms with van der Waals surface area (Å²) in [7, 11) is 0. The van der Waals surface area contributed by atoms with Crippen molar-refractivity contribution in [2.45, 2.75) is 18.8 Å². The minimum absolute atomic E-state index is 0.0193. The maximum atomic E-state index is 13.3. The normalized spacial score (nSPS) is 16.6. The lowest BCUT2D eigenvalue weighted by Crippen LogP contribution is -2.21. The highest BCUT2D eigenvalue weighted by molar-refractivity contribution is 7.20. The topological polar surface area (TPSA) is 93.8 Å². The fourth-order valence-corrected chi connectivity index (χ4v) is 4.98. The summed E-state index contributed by atoms with van der Waals surface area (Å²) in [5.74, 6) is 0.658. The number of nitrogens with zero attached hydrogens (tertiary/aromatic N) is 3. The monoisotopic (exact) mass is 402 g/mol. The lowest BCUT2D eigenvalue weighted by Gasteiger charge is -2.21. The van der Waals surface area contributed by atoms with Gasteiger partial charge in [0.2, 0.25) is 5.13 Å². The zero-order chi connectivity index (χ0) is 19.5. The van der Waals surface area contributed by atoms with Crippen molar-refractivity contribution in [3.05, 3.63) is 76.1 Å². The SMILES string of the molecule is O=C1CC(c2ccco2)Cc2c1cnc1[nH]n(-c3nc4ccccc4s3)c(=O)c21. The number of ketones is 1. The largest absolute Gasteiger partial charge is 0.469 e. The molecule has 0 saturated heterocycles. The number of furan rings is 1. The molecular weight excluding hydrogens is 388 g/mol. The van der Waals surface area contributed by atoms with Crippen molar-refractivity contribution in [2.75, 3.05) is 0 Å². The zero-order valence-corrected chi connectivity index (χ0v) is 15.9. The van der Waals surface area contributed by atoms with E-state index < -0.39 is 0 Å². The second kappa shape index (κ2) is 5.99. The molecule has 1 atom stereocenters. The van der Waals surface area contributed by atoms with E-state index in [-0.39, 0.29) is 17.3 Å². The van der Waals surface area contributed by atoms with Crippen LogP contribution in [-0.2, 0) is 6.42 Å². The quantitative estimate of drug-likeness (QED) is 0.484. The van der Waals surface area contributed by atoms with Gasteiger partial charge in [-0.3, -0.25) is 14.7 Å². The number of fused-ring (bicyclic) bond motifs is 4. The molecule has 0 amide bonds. The number of thiazole rings is 1. The second-order valence-corrected chi connectivity index (χ2v) is 8.14. The Morgan fingerprint density at radius 1 is 1.14 bits per heavy atom. The summed E-state index contributed by atoms with van der Waals surface area (Å²) in [6.45, 7) is 0. The molecule has 0 spiro atoms. The molecule has 1 aliphatic rings. The summed E-state index contributed by atoms with van der Waals surface area (Å²) >= 11 is 1.43. The Kier molecular flexibility index (Phi) is 3.39. The summed E-state index contributed by atoms with van der Waals surface area (Å²) in [6, 6.07) is 11.4. The molecule has 4 aromatic heterocycles. The van der Waals surface area contributed by atoms with Crippen LogP contribution in [-0.4, -0.2) is 25.5 Å². The molecule has 29 heavy (non-hydrogen) atoms. The van der Waals surface area contributed by atoms with Gasteiger partial charge in [-0.25, -0.2) is 9.97 Å². The Hall–Kier alpha value is -3.52. The maximum absolute atomic E-state index is 13.3. The van der Waals surface area contributed by atoms with Crippen molar-refractivity contribution in [1.29, 1.82) is 0 Å². The van der Waals surface area contributed by atoms with E-state index >= 15 is 0 Å². The van der Waals surface area contributed by atoms with Crippen molar-refractivity contribution < 1.29 is 9.21 Å². The number of nitrogens with one attached hydrogen (secondary N) is 1. The summed E-state index contributed by atoms with van der Waals surface area (Å²) < 4.78 is 7.94. The van der Waals surface area contributed by atoms with E-state index in [2.05, 4.69) is 15.1 Å². The number of rotatable bonds is 2. The Balaban J connectivity index is 1.55. The van der Waals surface area contributed by atoms with Crippen LogP contribution in [0.4, 0.5) is 0 Å². The van der Waals surface area contributed by atoms with Gasteiger partial charge in [0.25, 0.3) is 5.56 Å². The third kappa shape index (κ3) is 2.42. The predicted octanol–water partition coefficient (Wildman–Crippen LogP) is 3.83. The van der Waals surface area contributed by atoms with Gasteiger partial charge in [-0.2, -0.15) is 4.68 Å². The first-order chi connectivity index (χ1) is 14.2. The minimum atomic E-state index is -0.240. The highest BCUT2D eigenvalue weighted by Crippen LogP contribution is 2.35. The summed E-state index contributed by atoms with van der Waals surface area (Å²) in [6.07, 6.45) is 4.08. The van der Waals surface area contributed by atoms with Gasteiger partial charge < -0.3 is 4.42 Å². The van der Waals surface area contributed by atoms with Crippen LogP contribution >= 0.6 is 11.3 Å². The molecule has 0 radical (unpaired) electrons. The average molecular weight is 402 g/mol. The first-order valence-electron chi connectivity index (χ1n) is 9.24. The minimum Gasteiger partial charge on any atom is -0.469 e.